The van der Waals surface area contributed by atoms with Crippen LogP contribution in [0.15, 0.2) is 24.3 Å². The van der Waals surface area contributed by atoms with Gasteiger partial charge in [-0.3, -0.25) is 14.4 Å². The maximum Gasteiger partial charge on any atom is 0.322 e. The second-order valence-corrected chi connectivity index (χ2v) is 6.92. The third-order valence-corrected chi connectivity index (χ3v) is 4.17. The van der Waals surface area contributed by atoms with Gasteiger partial charge >= 0.3 is 5.97 Å². The minimum atomic E-state index is -1.13. The van der Waals surface area contributed by atoms with Crippen molar-refractivity contribution in [1.82, 2.24) is 15.2 Å². The Morgan fingerprint density at radius 2 is 1.88 bits per heavy atom. The van der Waals surface area contributed by atoms with E-state index in [1.54, 1.807) is 17.7 Å². The van der Waals surface area contributed by atoms with E-state index in [9.17, 15) is 14.4 Å². The van der Waals surface area contributed by atoms with Crippen LogP contribution in [-0.2, 0) is 16.6 Å². The Bertz CT molecular complexity index is 839. The van der Waals surface area contributed by atoms with Crippen LogP contribution in [0, 0.1) is 12.8 Å². The molecule has 2 rings (SSSR count). The molecule has 140 valence electrons. The molecule has 0 saturated carbocycles. The molecule has 0 fully saturated rings. The van der Waals surface area contributed by atoms with Crippen LogP contribution >= 0.6 is 0 Å². The summed E-state index contributed by atoms with van der Waals surface area (Å²) in [4.78, 5) is 35.6. The summed E-state index contributed by atoms with van der Waals surface area (Å²) in [5.41, 5.74) is 2.47. The molecule has 0 bridgehead atoms. The monoisotopic (exact) mass is 359 g/mol. The van der Waals surface area contributed by atoms with E-state index in [0.717, 1.165) is 16.5 Å². The first-order chi connectivity index (χ1) is 12.2. The molecule has 3 N–H and O–H groups in total. The largest absolute Gasteiger partial charge is 0.480 e. The van der Waals surface area contributed by atoms with Gasteiger partial charge in [0.15, 0.2) is 0 Å². The number of fused-ring (bicyclic) bond motifs is 1. The van der Waals surface area contributed by atoms with Crippen LogP contribution < -0.4 is 10.6 Å². The van der Waals surface area contributed by atoms with Crippen molar-refractivity contribution in [1.29, 1.82) is 0 Å². The van der Waals surface area contributed by atoms with Gasteiger partial charge in [0.1, 0.15) is 18.3 Å². The maximum atomic E-state index is 12.7. The maximum absolute atomic E-state index is 12.7. The molecule has 0 aliphatic rings. The van der Waals surface area contributed by atoms with Gasteiger partial charge in [-0.2, -0.15) is 0 Å². The highest BCUT2D eigenvalue weighted by Gasteiger charge is 2.24. The van der Waals surface area contributed by atoms with Gasteiger partial charge < -0.3 is 20.3 Å². The van der Waals surface area contributed by atoms with Gasteiger partial charge in [0.05, 0.1) is 0 Å². The fourth-order valence-corrected chi connectivity index (χ4v) is 2.91. The molecule has 1 aromatic heterocycles. The van der Waals surface area contributed by atoms with Crippen LogP contribution in [-0.4, -0.2) is 40.0 Å². The zero-order chi connectivity index (χ0) is 19.4. The van der Waals surface area contributed by atoms with E-state index in [2.05, 4.69) is 10.6 Å². The SMILES string of the molecule is Cc1ccc2c(c1)cc(C(=O)NC(CC(C)C)C(=O)NCC(=O)O)n2C. The number of carbonyl (C=O) groups is 3. The summed E-state index contributed by atoms with van der Waals surface area (Å²) in [7, 11) is 1.80. The number of amides is 2. The van der Waals surface area contributed by atoms with E-state index in [4.69, 9.17) is 5.11 Å². The van der Waals surface area contributed by atoms with Gasteiger partial charge in [-0.25, -0.2) is 0 Å². The van der Waals surface area contributed by atoms with Crippen LogP contribution in [0.25, 0.3) is 10.9 Å². The second kappa shape index (κ2) is 8.03. The second-order valence-electron chi connectivity index (χ2n) is 6.92. The molecule has 0 radical (unpaired) electrons. The van der Waals surface area contributed by atoms with E-state index in [1.165, 1.54) is 0 Å². The number of carboxylic acids is 1. The van der Waals surface area contributed by atoms with Crippen LogP contribution in [0.1, 0.15) is 36.3 Å². The molecule has 1 heterocycles. The molecule has 1 atom stereocenters. The molecule has 0 spiro atoms. The molecule has 1 aromatic carbocycles. The van der Waals surface area contributed by atoms with Crippen LogP contribution in [0.5, 0.6) is 0 Å². The average molecular weight is 359 g/mol. The van der Waals surface area contributed by atoms with Crippen LogP contribution in [0.3, 0.4) is 0 Å². The smallest absolute Gasteiger partial charge is 0.322 e. The first-order valence-electron chi connectivity index (χ1n) is 8.55. The Morgan fingerprint density at radius 3 is 2.50 bits per heavy atom. The van der Waals surface area contributed by atoms with Gasteiger partial charge in [0.25, 0.3) is 5.91 Å². The standard InChI is InChI=1S/C19H25N3O4/c1-11(2)7-14(18(25)20-10-17(23)24)21-19(26)16-9-13-8-12(3)5-6-15(13)22(16)4/h5-6,8-9,11,14H,7,10H2,1-4H3,(H,20,25)(H,21,26)(H,23,24). The highest BCUT2D eigenvalue weighted by molar-refractivity contribution is 6.01. The number of benzene rings is 1. The molecule has 2 amide bonds. The van der Waals surface area contributed by atoms with Crippen molar-refractivity contribution in [3.05, 3.63) is 35.5 Å². The molecule has 2 aromatic rings. The number of aliphatic carboxylic acids is 1. The summed E-state index contributed by atoms with van der Waals surface area (Å²) in [5.74, 6) is -1.83. The lowest BCUT2D eigenvalue weighted by molar-refractivity contribution is -0.138. The third kappa shape index (κ3) is 4.62. The topological polar surface area (TPSA) is 100 Å². The quantitative estimate of drug-likeness (QED) is 0.702. The number of rotatable bonds is 7. The first kappa shape index (κ1) is 19.5. The van der Waals surface area contributed by atoms with Crippen LogP contribution in [0.2, 0.25) is 0 Å². The molecule has 0 aliphatic heterocycles. The third-order valence-electron chi connectivity index (χ3n) is 4.17. The normalized spacial score (nSPS) is 12.2. The summed E-state index contributed by atoms with van der Waals surface area (Å²) >= 11 is 0. The Hall–Kier alpha value is -2.83. The number of nitrogens with zero attached hydrogens (tertiary/aromatic N) is 1. The van der Waals surface area contributed by atoms with E-state index in [-0.39, 0.29) is 11.8 Å². The minimum absolute atomic E-state index is 0.158. The Balaban J connectivity index is 2.22. The lowest BCUT2D eigenvalue weighted by Crippen LogP contribution is -2.48. The predicted molar refractivity (Wildman–Crippen MR) is 99.0 cm³/mol. The van der Waals surface area contributed by atoms with Gasteiger partial charge in [-0.15, -0.1) is 0 Å². The van der Waals surface area contributed by atoms with E-state index >= 15 is 0 Å². The zero-order valence-corrected chi connectivity index (χ0v) is 15.5. The van der Waals surface area contributed by atoms with Gasteiger partial charge in [0, 0.05) is 18.0 Å². The number of nitrogens with one attached hydrogen (secondary N) is 2. The Labute approximate surface area is 152 Å². The highest BCUT2D eigenvalue weighted by Crippen LogP contribution is 2.20. The zero-order valence-electron chi connectivity index (χ0n) is 15.5. The van der Waals surface area contributed by atoms with E-state index < -0.39 is 24.5 Å². The van der Waals surface area contributed by atoms with Crippen molar-refractivity contribution < 1.29 is 19.5 Å². The van der Waals surface area contributed by atoms with Crippen molar-refractivity contribution in [2.75, 3.05) is 6.54 Å². The molecular formula is C19H25N3O4. The number of aromatic nitrogens is 1. The Morgan fingerprint density at radius 1 is 1.19 bits per heavy atom. The van der Waals surface area contributed by atoms with Gasteiger partial charge in [0.2, 0.25) is 5.91 Å². The predicted octanol–water partition coefficient (Wildman–Crippen LogP) is 1.83. The van der Waals surface area contributed by atoms with Crippen LogP contribution in [0.4, 0.5) is 0 Å². The van der Waals surface area contributed by atoms with Gasteiger partial charge in [-0.05, 0) is 37.5 Å². The molecule has 26 heavy (non-hydrogen) atoms. The molecule has 7 heteroatoms. The van der Waals surface area contributed by atoms with Crippen molar-refractivity contribution in [3.8, 4) is 0 Å². The van der Waals surface area contributed by atoms with Gasteiger partial charge in [-0.1, -0.05) is 25.5 Å². The fraction of sp³-hybridized carbons (Fsp3) is 0.421. The summed E-state index contributed by atoms with van der Waals surface area (Å²) in [5, 5.41) is 14.7. The number of carbonyl (C=O) groups excluding carboxylic acids is 2. The van der Waals surface area contributed by atoms with E-state index in [1.807, 2.05) is 39.0 Å². The summed E-state index contributed by atoms with van der Waals surface area (Å²) in [6.07, 6.45) is 0.417. The molecule has 0 aliphatic carbocycles. The molecule has 0 saturated heterocycles. The summed E-state index contributed by atoms with van der Waals surface area (Å²) in [6, 6.07) is 6.93. The van der Waals surface area contributed by atoms with Crippen molar-refractivity contribution in [3.63, 3.8) is 0 Å². The molecule has 1 unspecified atom stereocenters. The lowest BCUT2D eigenvalue weighted by Gasteiger charge is -2.20. The Kier molecular flexibility index (Phi) is 6.02. The number of carboxylic acid groups (broad SMARTS) is 1. The summed E-state index contributed by atoms with van der Waals surface area (Å²) < 4.78 is 1.78. The van der Waals surface area contributed by atoms with Crippen molar-refractivity contribution >= 4 is 28.7 Å². The molecule has 7 nitrogen and oxygen atoms in total. The number of aryl methyl sites for hydroxylation is 2. The first-order valence-corrected chi connectivity index (χ1v) is 8.55. The number of hydrogen-bond donors (Lipinski definition) is 3. The van der Waals surface area contributed by atoms with Crippen molar-refractivity contribution in [2.45, 2.75) is 33.2 Å². The average Bonchev–Trinajstić information content (AvgIpc) is 2.87. The fourth-order valence-electron chi connectivity index (χ4n) is 2.91. The molecular weight excluding hydrogens is 334 g/mol. The highest BCUT2D eigenvalue weighted by atomic mass is 16.4. The van der Waals surface area contributed by atoms with E-state index in [0.29, 0.717) is 12.1 Å². The summed E-state index contributed by atoms with van der Waals surface area (Å²) in [6.45, 7) is 5.38. The van der Waals surface area contributed by atoms with Crippen molar-refractivity contribution in [2.24, 2.45) is 13.0 Å². The minimum Gasteiger partial charge on any atom is -0.480 e. The lowest BCUT2D eigenvalue weighted by atomic mass is 10.0. The number of hydrogen-bond acceptors (Lipinski definition) is 3.